The Kier molecular flexibility index (Phi) is 4.57. The largest absolute Gasteiger partial charge is 0.326 e. The van der Waals surface area contributed by atoms with E-state index in [9.17, 15) is 12.8 Å². The molecule has 0 aromatic heterocycles. The smallest absolute Gasteiger partial charge is 0.182 e. The van der Waals surface area contributed by atoms with Crippen LogP contribution in [0.5, 0.6) is 0 Å². The Bertz CT molecular complexity index is 732. The first-order valence-electron chi connectivity index (χ1n) is 5.88. The van der Waals surface area contributed by atoms with E-state index in [-0.39, 0.29) is 17.2 Å². The van der Waals surface area contributed by atoms with Crippen LogP contribution in [0.2, 0.25) is 0 Å². The van der Waals surface area contributed by atoms with Crippen LogP contribution >= 0.6 is 15.9 Å². The Hall–Kier alpha value is -1.24. The average Bonchev–Trinajstić information content (AvgIpc) is 2.40. The third-order valence-electron chi connectivity index (χ3n) is 2.84. The molecule has 106 valence electrons. The molecular formula is C14H13BrFNO2S. The number of halogens is 2. The molecule has 0 heterocycles. The lowest BCUT2D eigenvalue weighted by Gasteiger charge is -2.07. The molecule has 0 fully saturated rings. The van der Waals surface area contributed by atoms with Gasteiger partial charge in [0.1, 0.15) is 5.82 Å². The molecule has 2 aromatic carbocycles. The molecule has 0 aliphatic carbocycles. The van der Waals surface area contributed by atoms with Gasteiger partial charge >= 0.3 is 0 Å². The number of benzene rings is 2. The molecule has 3 nitrogen and oxygen atoms in total. The summed E-state index contributed by atoms with van der Waals surface area (Å²) >= 11 is 3.24. The third kappa shape index (κ3) is 3.45. The first-order valence-corrected chi connectivity index (χ1v) is 8.32. The van der Waals surface area contributed by atoms with Crippen LogP contribution in [0.25, 0.3) is 0 Å². The predicted octanol–water partition coefficient (Wildman–Crippen LogP) is 3.02. The van der Waals surface area contributed by atoms with Crippen LogP contribution in [0.15, 0.2) is 51.8 Å². The monoisotopic (exact) mass is 357 g/mol. The van der Waals surface area contributed by atoms with Crippen molar-refractivity contribution in [1.82, 2.24) is 0 Å². The number of hydrogen-bond donors (Lipinski definition) is 1. The lowest BCUT2D eigenvalue weighted by molar-refractivity contribution is 0.594. The van der Waals surface area contributed by atoms with E-state index in [1.165, 1.54) is 24.3 Å². The standard InChI is InChI=1S/C14H13BrFNO2S/c15-12-2-1-3-13(7-12)20(18,19)9-10-4-5-14(16)11(6-10)8-17/h1-7H,8-9,17H2. The van der Waals surface area contributed by atoms with E-state index in [0.29, 0.717) is 15.6 Å². The van der Waals surface area contributed by atoms with Crippen molar-refractivity contribution in [3.05, 3.63) is 63.9 Å². The van der Waals surface area contributed by atoms with Crippen molar-refractivity contribution in [2.24, 2.45) is 5.73 Å². The summed E-state index contributed by atoms with van der Waals surface area (Å²) in [6.07, 6.45) is 0. The number of rotatable bonds is 4. The van der Waals surface area contributed by atoms with Crippen molar-refractivity contribution in [2.75, 3.05) is 0 Å². The van der Waals surface area contributed by atoms with Crippen molar-refractivity contribution < 1.29 is 12.8 Å². The quantitative estimate of drug-likeness (QED) is 0.914. The fourth-order valence-electron chi connectivity index (χ4n) is 1.84. The van der Waals surface area contributed by atoms with Gasteiger partial charge in [-0.3, -0.25) is 0 Å². The number of hydrogen-bond acceptors (Lipinski definition) is 3. The summed E-state index contributed by atoms with van der Waals surface area (Å²) in [5.74, 6) is -0.604. The van der Waals surface area contributed by atoms with Gasteiger partial charge in [-0.2, -0.15) is 0 Å². The SMILES string of the molecule is NCc1cc(CS(=O)(=O)c2cccc(Br)c2)ccc1F. The van der Waals surface area contributed by atoms with E-state index in [1.54, 1.807) is 18.2 Å². The van der Waals surface area contributed by atoms with Gasteiger partial charge in [-0.25, -0.2) is 12.8 Å². The molecule has 0 spiro atoms. The van der Waals surface area contributed by atoms with Gasteiger partial charge in [0.15, 0.2) is 9.84 Å². The van der Waals surface area contributed by atoms with Gasteiger partial charge in [0.2, 0.25) is 0 Å². The van der Waals surface area contributed by atoms with Crippen molar-refractivity contribution >= 4 is 25.8 Å². The van der Waals surface area contributed by atoms with E-state index in [1.807, 2.05) is 0 Å². The van der Waals surface area contributed by atoms with Gasteiger partial charge in [0.05, 0.1) is 10.6 Å². The fraction of sp³-hybridized carbons (Fsp3) is 0.143. The van der Waals surface area contributed by atoms with E-state index >= 15 is 0 Å². The predicted molar refractivity (Wildman–Crippen MR) is 79.3 cm³/mol. The molecule has 2 N–H and O–H groups in total. The van der Waals surface area contributed by atoms with Crippen molar-refractivity contribution in [3.63, 3.8) is 0 Å². The Morgan fingerprint density at radius 2 is 1.90 bits per heavy atom. The first kappa shape index (κ1) is 15.2. The molecule has 0 aliphatic rings. The highest BCUT2D eigenvalue weighted by Crippen LogP contribution is 2.21. The van der Waals surface area contributed by atoms with Crippen LogP contribution in [0.4, 0.5) is 4.39 Å². The van der Waals surface area contributed by atoms with E-state index in [0.717, 1.165) is 0 Å². The van der Waals surface area contributed by atoms with Crippen LogP contribution in [0, 0.1) is 5.82 Å². The highest BCUT2D eigenvalue weighted by atomic mass is 79.9. The summed E-state index contributed by atoms with van der Waals surface area (Å²) in [7, 11) is -3.47. The maximum atomic E-state index is 13.3. The Labute approximate surface area is 125 Å². The highest BCUT2D eigenvalue weighted by Gasteiger charge is 2.16. The summed E-state index contributed by atoms with van der Waals surface area (Å²) in [5, 5.41) is 0. The molecule has 0 radical (unpaired) electrons. The van der Waals surface area contributed by atoms with Crippen LogP contribution in [-0.4, -0.2) is 8.42 Å². The zero-order valence-corrected chi connectivity index (χ0v) is 12.9. The minimum atomic E-state index is -3.47. The minimum Gasteiger partial charge on any atom is -0.326 e. The van der Waals surface area contributed by atoms with Gasteiger partial charge in [0.25, 0.3) is 0 Å². The minimum absolute atomic E-state index is 0.0383. The molecule has 0 unspecified atom stereocenters. The maximum Gasteiger partial charge on any atom is 0.182 e. The maximum absolute atomic E-state index is 13.3. The molecule has 2 rings (SSSR count). The van der Waals surface area contributed by atoms with Crippen molar-refractivity contribution in [2.45, 2.75) is 17.2 Å². The van der Waals surface area contributed by atoms with Crippen molar-refractivity contribution in [1.29, 1.82) is 0 Å². The van der Waals surface area contributed by atoms with Gasteiger partial charge in [-0.1, -0.05) is 34.1 Å². The molecule has 0 aliphatic heterocycles. The van der Waals surface area contributed by atoms with Crippen LogP contribution in [0.1, 0.15) is 11.1 Å². The van der Waals surface area contributed by atoms with Crippen LogP contribution in [0.3, 0.4) is 0 Å². The second-order valence-corrected chi connectivity index (χ2v) is 7.25. The van der Waals surface area contributed by atoms with E-state index in [4.69, 9.17) is 5.73 Å². The Balaban J connectivity index is 2.33. The second kappa shape index (κ2) is 6.03. The molecule has 0 atom stereocenters. The highest BCUT2D eigenvalue weighted by molar-refractivity contribution is 9.10. The van der Waals surface area contributed by atoms with Crippen molar-refractivity contribution in [3.8, 4) is 0 Å². The van der Waals surface area contributed by atoms with Crippen LogP contribution < -0.4 is 5.73 Å². The Morgan fingerprint density at radius 3 is 2.55 bits per heavy atom. The topological polar surface area (TPSA) is 60.2 Å². The lowest BCUT2D eigenvalue weighted by atomic mass is 10.1. The summed E-state index contributed by atoms with van der Waals surface area (Å²) < 4.78 is 38.6. The van der Waals surface area contributed by atoms with Gasteiger partial charge in [-0.05, 0) is 29.8 Å². The number of nitrogens with two attached hydrogens (primary N) is 1. The molecule has 20 heavy (non-hydrogen) atoms. The molecular weight excluding hydrogens is 345 g/mol. The average molecular weight is 358 g/mol. The van der Waals surface area contributed by atoms with Crippen LogP contribution in [-0.2, 0) is 22.1 Å². The van der Waals surface area contributed by atoms with Gasteiger partial charge in [0, 0.05) is 16.6 Å². The fourth-order valence-corrected chi connectivity index (χ4v) is 3.77. The van der Waals surface area contributed by atoms with E-state index < -0.39 is 15.7 Å². The molecule has 6 heteroatoms. The first-order chi connectivity index (χ1) is 9.42. The summed E-state index contributed by atoms with van der Waals surface area (Å²) in [6.45, 7) is 0.0383. The third-order valence-corrected chi connectivity index (χ3v) is 5.02. The van der Waals surface area contributed by atoms with E-state index in [2.05, 4.69) is 15.9 Å². The second-order valence-electron chi connectivity index (χ2n) is 4.35. The molecule has 2 aromatic rings. The zero-order valence-electron chi connectivity index (χ0n) is 10.5. The molecule has 0 saturated carbocycles. The molecule has 0 bridgehead atoms. The lowest BCUT2D eigenvalue weighted by Crippen LogP contribution is -2.07. The summed E-state index contributed by atoms with van der Waals surface area (Å²) in [5.41, 5.74) is 6.25. The normalized spacial score (nSPS) is 11.6. The Morgan fingerprint density at radius 1 is 1.15 bits per heavy atom. The van der Waals surface area contributed by atoms with Gasteiger partial charge < -0.3 is 5.73 Å². The molecule has 0 amide bonds. The van der Waals surface area contributed by atoms with Gasteiger partial charge in [-0.15, -0.1) is 0 Å². The number of sulfone groups is 1. The molecule has 0 saturated heterocycles. The summed E-state index contributed by atoms with van der Waals surface area (Å²) in [4.78, 5) is 0.227. The zero-order chi connectivity index (χ0) is 14.8. The summed E-state index contributed by atoms with van der Waals surface area (Å²) in [6, 6.07) is 10.7.